The van der Waals surface area contributed by atoms with Gasteiger partial charge in [-0.25, -0.2) is 9.37 Å². The Balaban J connectivity index is 1.37. The number of aliphatic hydroxyl groups is 1. The SMILES string of the molecule is CC1=Cc2c(ccc(Oc3ncnc(Nc4ccc(N5CCN(C)CC5)cc4CO)c3F)c2F)C1. The van der Waals surface area contributed by atoms with Crippen LogP contribution in [-0.4, -0.2) is 53.2 Å². The number of hydrogen-bond donors (Lipinski definition) is 2. The second-order valence-electron chi connectivity index (χ2n) is 8.98. The zero-order valence-corrected chi connectivity index (χ0v) is 19.7. The summed E-state index contributed by atoms with van der Waals surface area (Å²) in [6.07, 6.45) is 3.60. The van der Waals surface area contributed by atoms with Crippen LogP contribution in [0.25, 0.3) is 6.08 Å². The number of fused-ring (bicyclic) bond motifs is 1. The summed E-state index contributed by atoms with van der Waals surface area (Å²) in [5, 5.41) is 12.9. The fourth-order valence-electron chi connectivity index (χ4n) is 4.44. The second-order valence-corrected chi connectivity index (χ2v) is 8.98. The number of piperazine rings is 1. The number of nitrogens with zero attached hydrogens (tertiary/aromatic N) is 4. The molecule has 3 aromatic rings. The third kappa shape index (κ3) is 4.69. The molecule has 0 amide bonds. The first-order valence-electron chi connectivity index (χ1n) is 11.5. The number of halogens is 2. The maximum atomic E-state index is 15.2. The normalized spacial score (nSPS) is 15.7. The summed E-state index contributed by atoms with van der Waals surface area (Å²) in [5.74, 6) is -2.03. The Morgan fingerprint density at radius 2 is 1.86 bits per heavy atom. The van der Waals surface area contributed by atoms with Crippen molar-refractivity contribution in [2.24, 2.45) is 0 Å². The summed E-state index contributed by atoms with van der Waals surface area (Å²) >= 11 is 0. The molecule has 182 valence electrons. The summed E-state index contributed by atoms with van der Waals surface area (Å²) in [7, 11) is 2.09. The second kappa shape index (κ2) is 9.59. The lowest BCUT2D eigenvalue weighted by atomic mass is 10.1. The van der Waals surface area contributed by atoms with E-state index < -0.39 is 11.6 Å². The topological polar surface area (TPSA) is 73.8 Å². The maximum Gasteiger partial charge on any atom is 0.261 e. The first-order valence-corrected chi connectivity index (χ1v) is 11.5. The van der Waals surface area contributed by atoms with Crippen LogP contribution in [0.3, 0.4) is 0 Å². The molecule has 2 aliphatic rings. The molecule has 1 saturated heterocycles. The molecule has 1 aromatic heterocycles. The molecule has 5 rings (SSSR count). The molecule has 0 saturated carbocycles. The van der Waals surface area contributed by atoms with Crippen LogP contribution >= 0.6 is 0 Å². The number of allylic oxidation sites excluding steroid dienone is 1. The van der Waals surface area contributed by atoms with Crippen molar-refractivity contribution in [1.82, 2.24) is 14.9 Å². The molecule has 9 heteroatoms. The van der Waals surface area contributed by atoms with Crippen molar-refractivity contribution in [1.29, 1.82) is 0 Å². The number of aliphatic hydroxyl groups excluding tert-OH is 1. The maximum absolute atomic E-state index is 15.2. The molecule has 0 spiro atoms. The third-order valence-electron chi connectivity index (χ3n) is 6.44. The molecule has 7 nitrogen and oxygen atoms in total. The third-order valence-corrected chi connectivity index (χ3v) is 6.44. The van der Waals surface area contributed by atoms with Gasteiger partial charge >= 0.3 is 0 Å². The lowest BCUT2D eigenvalue weighted by Crippen LogP contribution is -2.44. The van der Waals surface area contributed by atoms with E-state index in [1.54, 1.807) is 18.2 Å². The van der Waals surface area contributed by atoms with E-state index in [2.05, 4.69) is 32.1 Å². The number of anilines is 3. The summed E-state index contributed by atoms with van der Waals surface area (Å²) in [4.78, 5) is 12.4. The highest BCUT2D eigenvalue weighted by Gasteiger charge is 2.21. The summed E-state index contributed by atoms with van der Waals surface area (Å²) < 4.78 is 35.7. The van der Waals surface area contributed by atoms with Crippen molar-refractivity contribution in [3.8, 4) is 11.6 Å². The number of hydrogen-bond acceptors (Lipinski definition) is 7. The van der Waals surface area contributed by atoms with E-state index in [0.717, 1.165) is 49.3 Å². The fourth-order valence-corrected chi connectivity index (χ4v) is 4.44. The molecule has 2 heterocycles. The zero-order valence-electron chi connectivity index (χ0n) is 19.7. The summed E-state index contributed by atoms with van der Waals surface area (Å²) in [6, 6.07) is 8.86. The largest absolute Gasteiger partial charge is 0.433 e. The molecule has 35 heavy (non-hydrogen) atoms. The van der Waals surface area contributed by atoms with E-state index in [1.807, 2.05) is 19.1 Å². The number of ether oxygens (including phenoxy) is 1. The van der Waals surface area contributed by atoms with E-state index >= 15 is 4.39 Å². The van der Waals surface area contributed by atoms with Gasteiger partial charge in [0.1, 0.15) is 6.33 Å². The molecular weight excluding hydrogens is 452 g/mol. The van der Waals surface area contributed by atoms with Crippen molar-refractivity contribution in [3.63, 3.8) is 0 Å². The van der Waals surface area contributed by atoms with Crippen molar-refractivity contribution in [2.75, 3.05) is 43.4 Å². The van der Waals surface area contributed by atoms with Gasteiger partial charge in [0.05, 0.1) is 6.61 Å². The molecule has 1 aliphatic heterocycles. The number of benzene rings is 2. The zero-order chi connectivity index (χ0) is 24.5. The average molecular weight is 480 g/mol. The monoisotopic (exact) mass is 479 g/mol. The minimum atomic E-state index is -0.855. The number of likely N-dealkylation sites (N-methyl/N-ethyl adjacent to an activating group) is 1. The van der Waals surface area contributed by atoms with Gasteiger partial charge in [-0.3, -0.25) is 0 Å². The van der Waals surface area contributed by atoms with Gasteiger partial charge in [-0.15, -0.1) is 0 Å². The number of aromatic nitrogens is 2. The van der Waals surface area contributed by atoms with E-state index in [-0.39, 0.29) is 24.1 Å². The Morgan fingerprint density at radius 3 is 2.63 bits per heavy atom. The quantitative estimate of drug-likeness (QED) is 0.540. The average Bonchev–Trinajstić information content (AvgIpc) is 3.25. The number of rotatable bonds is 6. The van der Waals surface area contributed by atoms with Crippen molar-refractivity contribution >= 4 is 23.3 Å². The van der Waals surface area contributed by atoms with Gasteiger partial charge in [0.25, 0.3) is 5.88 Å². The van der Waals surface area contributed by atoms with Crippen LogP contribution in [0, 0.1) is 11.6 Å². The standard InChI is InChI=1S/C26H27F2N5O2/c1-16-11-17-3-6-22(23(27)20(17)12-16)35-26-24(28)25(29-15-30-26)31-21-5-4-19(13-18(21)14-34)33-9-7-32(2)8-10-33/h3-6,12-13,15,34H,7-11,14H2,1-2H3,(H,29,30,31). The molecule has 1 aliphatic carbocycles. The summed E-state index contributed by atoms with van der Waals surface area (Å²) in [5.41, 5.74) is 4.49. The van der Waals surface area contributed by atoms with Crippen molar-refractivity contribution in [2.45, 2.75) is 20.0 Å². The first-order chi connectivity index (χ1) is 16.9. The minimum absolute atomic E-state index is 0.106. The Bertz CT molecular complexity index is 1290. The Hall–Kier alpha value is -3.56. The van der Waals surface area contributed by atoms with Gasteiger partial charge in [-0.2, -0.15) is 9.37 Å². The molecule has 0 radical (unpaired) electrons. The van der Waals surface area contributed by atoms with Crippen LogP contribution in [0.4, 0.5) is 26.0 Å². The van der Waals surface area contributed by atoms with E-state index in [4.69, 9.17) is 4.74 Å². The van der Waals surface area contributed by atoms with Crippen LogP contribution in [0.2, 0.25) is 0 Å². The van der Waals surface area contributed by atoms with Crippen LogP contribution in [0.1, 0.15) is 23.6 Å². The van der Waals surface area contributed by atoms with Crippen LogP contribution < -0.4 is 15.0 Å². The van der Waals surface area contributed by atoms with E-state index in [9.17, 15) is 9.50 Å². The van der Waals surface area contributed by atoms with E-state index in [1.165, 1.54) is 6.07 Å². The van der Waals surface area contributed by atoms with Crippen LogP contribution in [0.15, 0.2) is 42.2 Å². The van der Waals surface area contributed by atoms with Gasteiger partial charge in [0, 0.05) is 48.7 Å². The van der Waals surface area contributed by atoms with Gasteiger partial charge < -0.3 is 25.0 Å². The highest BCUT2D eigenvalue weighted by atomic mass is 19.1. The Labute approximate surface area is 202 Å². The smallest absolute Gasteiger partial charge is 0.261 e. The van der Waals surface area contributed by atoms with Crippen LogP contribution in [-0.2, 0) is 13.0 Å². The Morgan fingerprint density at radius 1 is 1.06 bits per heavy atom. The predicted octanol–water partition coefficient (Wildman–Crippen LogP) is 4.49. The predicted molar refractivity (Wildman–Crippen MR) is 131 cm³/mol. The molecular formula is C26H27F2N5O2. The number of nitrogens with one attached hydrogen (secondary N) is 1. The molecule has 0 atom stereocenters. The molecule has 2 aromatic carbocycles. The van der Waals surface area contributed by atoms with Crippen molar-refractivity contribution in [3.05, 3.63) is 70.6 Å². The van der Waals surface area contributed by atoms with Crippen LogP contribution in [0.5, 0.6) is 11.6 Å². The summed E-state index contributed by atoms with van der Waals surface area (Å²) in [6.45, 7) is 5.41. The van der Waals surface area contributed by atoms with Gasteiger partial charge in [0.2, 0.25) is 5.82 Å². The van der Waals surface area contributed by atoms with Gasteiger partial charge in [-0.1, -0.05) is 17.7 Å². The lowest BCUT2D eigenvalue weighted by Gasteiger charge is -2.34. The molecule has 1 fully saturated rings. The van der Waals surface area contributed by atoms with E-state index in [0.29, 0.717) is 23.2 Å². The van der Waals surface area contributed by atoms with Gasteiger partial charge in [-0.05, 0) is 50.2 Å². The highest BCUT2D eigenvalue weighted by molar-refractivity contribution is 5.67. The fraction of sp³-hybridized carbons (Fsp3) is 0.308. The molecule has 0 unspecified atom stereocenters. The molecule has 0 bridgehead atoms. The van der Waals surface area contributed by atoms with Gasteiger partial charge in [0.15, 0.2) is 17.4 Å². The van der Waals surface area contributed by atoms with Crippen molar-refractivity contribution < 1.29 is 18.6 Å². The lowest BCUT2D eigenvalue weighted by molar-refractivity contribution is 0.282. The minimum Gasteiger partial charge on any atom is -0.433 e. The molecule has 2 N–H and O–H groups in total. The highest BCUT2D eigenvalue weighted by Crippen LogP contribution is 2.35. The first kappa shape index (κ1) is 23.2. The Kier molecular flexibility index (Phi) is 6.36.